The Hall–Kier alpha value is -2.69. The summed E-state index contributed by atoms with van der Waals surface area (Å²) < 4.78 is 10.5. The minimum atomic E-state index is -0.0593. The van der Waals surface area contributed by atoms with Crippen LogP contribution in [-0.2, 0) is 11.2 Å². The highest BCUT2D eigenvalue weighted by molar-refractivity contribution is 5.93. The van der Waals surface area contributed by atoms with Gasteiger partial charge in [-0.05, 0) is 62.2 Å². The topological polar surface area (TPSA) is 50.8 Å². The number of nitrogens with zero attached hydrogens (tertiary/aromatic N) is 1. The lowest BCUT2D eigenvalue weighted by Crippen LogP contribution is -2.22. The first-order valence-corrected chi connectivity index (χ1v) is 8.88. The molecule has 0 fully saturated rings. The van der Waals surface area contributed by atoms with Gasteiger partial charge in [0.2, 0.25) is 5.91 Å². The molecule has 5 nitrogen and oxygen atoms in total. The molecule has 1 amide bonds. The molecule has 2 aromatic rings. The highest BCUT2D eigenvalue weighted by Gasteiger charge is 2.11. The number of hydrogen-bond acceptors (Lipinski definition) is 4. The number of carbonyl (C=O) groups excluding carboxylic acids is 1. The molecule has 5 heteroatoms. The van der Waals surface area contributed by atoms with Crippen molar-refractivity contribution in [3.8, 4) is 11.5 Å². The van der Waals surface area contributed by atoms with Crippen molar-refractivity contribution in [2.24, 2.45) is 0 Å². The number of hydrogen-bond donors (Lipinski definition) is 1. The minimum Gasteiger partial charge on any atom is -0.493 e. The maximum Gasteiger partial charge on any atom is 0.228 e. The zero-order chi connectivity index (χ0) is 19.1. The average molecular weight is 356 g/mol. The Morgan fingerprint density at radius 3 is 2.27 bits per heavy atom. The lowest BCUT2D eigenvalue weighted by atomic mass is 10.1. The number of methoxy groups -OCH3 is 2. The molecule has 0 radical (unpaired) electrons. The first-order chi connectivity index (χ1) is 12.5. The standard InChI is InChI=1S/C21H28N2O3/c1-6-23(7-2)17-9-10-18(15(3)12-17)22-21(24)14-16-8-11-19(25-4)20(13-16)26-5/h8-13H,6-7,14H2,1-5H3,(H,22,24). The quantitative estimate of drug-likeness (QED) is 0.775. The second-order valence-electron chi connectivity index (χ2n) is 6.09. The largest absolute Gasteiger partial charge is 0.493 e. The molecule has 140 valence electrons. The molecule has 1 N–H and O–H groups in total. The van der Waals surface area contributed by atoms with E-state index in [4.69, 9.17) is 9.47 Å². The molecule has 2 aromatic carbocycles. The van der Waals surface area contributed by atoms with Crippen molar-refractivity contribution in [1.82, 2.24) is 0 Å². The summed E-state index contributed by atoms with van der Waals surface area (Å²) in [5.41, 5.74) is 3.93. The van der Waals surface area contributed by atoms with Crippen LogP contribution < -0.4 is 19.7 Å². The fourth-order valence-electron chi connectivity index (χ4n) is 2.94. The molecule has 26 heavy (non-hydrogen) atoms. The molecular weight excluding hydrogens is 328 g/mol. The molecule has 0 saturated carbocycles. The van der Waals surface area contributed by atoms with E-state index in [0.29, 0.717) is 11.5 Å². The smallest absolute Gasteiger partial charge is 0.228 e. The van der Waals surface area contributed by atoms with E-state index in [9.17, 15) is 4.79 Å². The van der Waals surface area contributed by atoms with E-state index in [1.165, 1.54) is 5.69 Å². The molecule has 0 atom stereocenters. The Labute approximate surface area is 155 Å². The number of aryl methyl sites for hydroxylation is 1. The summed E-state index contributed by atoms with van der Waals surface area (Å²) in [4.78, 5) is 14.7. The fraction of sp³-hybridized carbons (Fsp3) is 0.381. The lowest BCUT2D eigenvalue weighted by Gasteiger charge is -2.22. The van der Waals surface area contributed by atoms with Gasteiger partial charge in [-0.25, -0.2) is 0 Å². The predicted molar refractivity (Wildman–Crippen MR) is 107 cm³/mol. The van der Waals surface area contributed by atoms with Crippen molar-refractivity contribution in [3.05, 3.63) is 47.5 Å². The third kappa shape index (κ3) is 4.69. The van der Waals surface area contributed by atoms with Gasteiger partial charge in [-0.2, -0.15) is 0 Å². The normalized spacial score (nSPS) is 10.3. The molecule has 0 aromatic heterocycles. The zero-order valence-electron chi connectivity index (χ0n) is 16.3. The van der Waals surface area contributed by atoms with Crippen molar-refractivity contribution in [3.63, 3.8) is 0 Å². The van der Waals surface area contributed by atoms with Crippen LogP contribution >= 0.6 is 0 Å². The van der Waals surface area contributed by atoms with Gasteiger partial charge in [0.05, 0.1) is 20.6 Å². The maximum atomic E-state index is 12.4. The van der Waals surface area contributed by atoms with Crippen molar-refractivity contribution in [1.29, 1.82) is 0 Å². The Morgan fingerprint density at radius 1 is 1.00 bits per heavy atom. The third-order valence-corrected chi connectivity index (χ3v) is 4.43. The molecule has 0 aliphatic carbocycles. The second-order valence-corrected chi connectivity index (χ2v) is 6.09. The van der Waals surface area contributed by atoms with Gasteiger partial charge in [-0.1, -0.05) is 6.07 Å². The van der Waals surface area contributed by atoms with Crippen LogP contribution in [0.5, 0.6) is 11.5 Å². The molecule has 0 spiro atoms. The summed E-state index contributed by atoms with van der Waals surface area (Å²) in [5, 5.41) is 3.00. The molecule has 2 rings (SSSR count). The molecule has 0 bridgehead atoms. The van der Waals surface area contributed by atoms with E-state index in [0.717, 1.165) is 29.9 Å². The number of anilines is 2. The molecule has 0 aliphatic rings. The van der Waals surface area contributed by atoms with Gasteiger partial charge in [0.25, 0.3) is 0 Å². The average Bonchev–Trinajstić information content (AvgIpc) is 2.64. The predicted octanol–water partition coefficient (Wildman–Crippen LogP) is 4.04. The molecule has 0 saturated heterocycles. The fourth-order valence-corrected chi connectivity index (χ4v) is 2.94. The summed E-state index contributed by atoms with van der Waals surface area (Å²) in [7, 11) is 3.18. The highest BCUT2D eigenvalue weighted by Crippen LogP contribution is 2.28. The Kier molecular flexibility index (Phi) is 6.89. The van der Waals surface area contributed by atoms with Gasteiger partial charge >= 0.3 is 0 Å². The van der Waals surface area contributed by atoms with Crippen LogP contribution in [0.15, 0.2) is 36.4 Å². The minimum absolute atomic E-state index is 0.0593. The number of carbonyl (C=O) groups is 1. The van der Waals surface area contributed by atoms with Crippen LogP contribution in [0.2, 0.25) is 0 Å². The van der Waals surface area contributed by atoms with Gasteiger partial charge in [0.15, 0.2) is 11.5 Å². The Bertz CT molecular complexity index is 755. The number of amides is 1. The summed E-state index contributed by atoms with van der Waals surface area (Å²) in [6.07, 6.45) is 0.275. The van der Waals surface area contributed by atoms with E-state index in [2.05, 4.69) is 30.1 Å². The van der Waals surface area contributed by atoms with Crippen molar-refractivity contribution >= 4 is 17.3 Å². The van der Waals surface area contributed by atoms with Gasteiger partial charge < -0.3 is 19.7 Å². The number of rotatable bonds is 8. The van der Waals surface area contributed by atoms with Crippen LogP contribution in [0.4, 0.5) is 11.4 Å². The van der Waals surface area contributed by atoms with Crippen LogP contribution in [0.3, 0.4) is 0 Å². The summed E-state index contributed by atoms with van der Waals surface area (Å²) in [5.74, 6) is 1.22. The van der Waals surface area contributed by atoms with E-state index < -0.39 is 0 Å². The summed E-state index contributed by atoms with van der Waals surface area (Å²) >= 11 is 0. The summed E-state index contributed by atoms with van der Waals surface area (Å²) in [6, 6.07) is 11.6. The maximum absolute atomic E-state index is 12.4. The highest BCUT2D eigenvalue weighted by atomic mass is 16.5. The molecule has 0 unspecified atom stereocenters. The van der Waals surface area contributed by atoms with Gasteiger partial charge in [0.1, 0.15) is 0 Å². The van der Waals surface area contributed by atoms with Crippen LogP contribution in [0.25, 0.3) is 0 Å². The van der Waals surface area contributed by atoms with E-state index in [1.54, 1.807) is 14.2 Å². The Morgan fingerprint density at radius 2 is 1.69 bits per heavy atom. The SMILES string of the molecule is CCN(CC)c1ccc(NC(=O)Cc2ccc(OC)c(OC)c2)c(C)c1. The van der Waals surface area contributed by atoms with Crippen LogP contribution in [-0.4, -0.2) is 33.2 Å². The third-order valence-electron chi connectivity index (χ3n) is 4.43. The zero-order valence-corrected chi connectivity index (χ0v) is 16.3. The Balaban J connectivity index is 2.08. The molecule has 0 aliphatic heterocycles. The van der Waals surface area contributed by atoms with Gasteiger partial charge in [-0.3, -0.25) is 4.79 Å². The van der Waals surface area contributed by atoms with Crippen molar-refractivity contribution in [2.45, 2.75) is 27.2 Å². The first-order valence-electron chi connectivity index (χ1n) is 8.88. The number of ether oxygens (including phenoxy) is 2. The monoisotopic (exact) mass is 356 g/mol. The molecular formula is C21H28N2O3. The van der Waals surface area contributed by atoms with Crippen LogP contribution in [0.1, 0.15) is 25.0 Å². The second kappa shape index (κ2) is 9.13. The van der Waals surface area contributed by atoms with Gasteiger partial charge in [-0.15, -0.1) is 0 Å². The van der Waals surface area contributed by atoms with Gasteiger partial charge in [0, 0.05) is 24.5 Å². The van der Waals surface area contributed by atoms with E-state index in [1.807, 2.05) is 37.3 Å². The van der Waals surface area contributed by atoms with E-state index >= 15 is 0 Å². The van der Waals surface area contributed by atoms with Crippen molar-refractivity contribution in [2.75, 3.05) is 37.5 Å². The lowest BCUT2D eigenvalue weighted by molar-refractivity contribution is -0.115. The first kappa shape index (κ1) is 19.6. The number of benzene rings is 2. The summed E-state index contributed by atoms with van der Waals surface area (Å²) in [6.45, 7) is 8.20. The number of nitrogens with one attached hydrogen (secondary N) is 1. The van der Waals surface area contributed by atoms with Crippen LogP contribution in [0, 0.1) is 6.92 Å². The van der Waals surface area contributed by atoms with E-state index in [-0.39, 0.29) is 12.3 Å². The molecule has 0 heterocycles. The van der Waals surface area contributed by atoms with Crippen molar-refractivity contribution < 1.29 is 14.3 Å².